The molecule has 0 saturated heterocycles. The second-order valence-electron chi connectivity index (χ2n) is 6.25. The third-order valence-electron chi connectivity index (χ3n) is 3.83. The zero-order valence-electron chi connectivity index (χ0n) is 13.8. The van der Waals surface area contributed by atoms with Gasteiger partial charge in [0, 0.05) is 6.54 Å². The maximum atomic E-state index is 4.84. The largest absolute Gasteiger partial charge is 0.319 e. The summed E-state index contributed by atoms with van der Waals surface area (Å²) in [6, 6.07) is 16.7. The molecule has 0 radical (unpaired) electrons. The Morgan fingerprint density at radius 3 is 2.54 bits per heavy atom. The predicted molar refractivity (Wildman–Crippen MR) is 104 cm³/mol. The van der Waals surface area contributed by atoms with Gasteiger partial charge in [-0.05, 0) is 30.2 Å². The number of aromatic nitrogens is 3. The van der Waals surface area contributed by atoms with Crippen molar-refractivity contribution in [3.05, 3.63) is 53.5 Å². The van der Waals surface area contributed by atoms with Gasteiger partial charge in [0.2, 0.25) is 0 Å². The van der Waals surface area contributed by atoms with Crippen molar-refractivity contribution in [2.24, 2.45) is 5.92 Å². The van der Waals surface area contributed by atoms with Crippen molar-refractivity contribution in [3.63, 3.8) is 0 Å². The van der Waals surface area contributed by atoms with Gasteiger partial charge >= 0.3 is 0 Å². The van der Waals surface area contributed by atoms with Crippen LogP contribution in [-0.2, 0) is 12.3 Å². The zero-order chi connectivity index (χ0) is 16.5. The van der Waals surface area contributed by atoms with Crippen molar-refractivity contribution in [2.45, 2.75) is 31.3 Å². The van der Waals surface area contributed by atoms with Gasteiger partial charge in [-0.1, -0.05) is 49.9 Å². The molecule has 4 rings (SSSR count). The van der Waals surface area contributed by atoms with E-state index >= 15 is 0 Å². The molecule has 0 unspecified atom stereocenters. The Morgan fingerprint density at radius 2 is 1.75 bits per heavy atom. The van der Waals surface area contributed by atoms with Crippen molar-refractivity contribution >= 4 is 44.3 Å². The van der Waals surface area contributed by atoms with E-state index in [-0.39, 0.29) is 0 Å². The third kappa shape index (κ3) is 3.06. The van der Waals surface area contributed by atoms with Crippen molar-refractivity contribution in [3.8, 4) is 0 Å². The smallest absolute Gasteiger partial charge is 0.169 e. The first-order valence-electron chi connectivity index (χ1n) is 8.13. The van der Waals surface area contributed by atoms with E-state index in [1.54, 1.807) is 23.1 Å². The van der Waals surface area contributed by atoms with E-state index in [4.69, 9.17) is 9.97 Å². The molecule has 0 spiro atoms. The van der Waals surface area contributed by atoms with Gasteiger partial charge in [0.15, 0.2) is 5.16 Å². The quantitative estimate of drug-likeness (QED) is 0.438. The standard InChI is InChI=1S/C19H19N3S2/c1-13(2)11-22-16-9-5-3-7-14(16)21-19(22)23-12-18-20-15-8-4-6-10-17(15)24-18/h3-10,13H,11-12H2,1-2H3. The number of nitrogens with zero attached hydrogens (tertiary/aromatic N) is 3. The number of thioether (sulfide) groups is 1. The van der Waals surface area contributed by atoms with Crippen molar-refractivity contribution < 1.29 is 0 Å². The van der Waals surface area contributed by atoms with Crippen molar-refractivity contribution in [1.29, 1.82) is 0 Å². The molecule has 0 aliphatic rings. The number of para-hydroxylation sites is 3. The normalized spacial score (nSPS) is 11.8. The average Bonchev–Trinajstić information content (AvgIpc) is 3.14. The summed E-state index contributed by atoms with van der Waals surface area (Å²) in [6.45, 7) is 5.48. The lowest BCUT2D eigenvalue weighted by Gasteiger charge is -2.10. The number of thiazole rings is 1. The summed E-state index contributed by atoms with van der Waals surface area (Å²) in [4.78, 5) is 9.57. The van der Waals surface area contributed by atoms with Crippen LogP contribution in [-0.4, -0.2) is 14.5 Å². The first kappa shape index (κ1) is 15.7. The Bertz CT molecular complexity index is 952. The minimum Gasteiger partial charge on any atom is -0.319 e. The van der Waals surface area contributed by atoms with Gasteiger partial charge in [-0.25, -0.2) is 9.97 Å². The van der Waals surface area contributed by atoms with E-state index < -0.39 is 0 Å². The van der Waals surface area contributed by atoms with Gasteiger partial charge in [-0.15, -0.1) is 11.3 Å². The van der Waals surface area contributed by atoms with Gasteiger partial charge < -0.3 is 4.57 Å². The van der Waals surface area contributed by atoms with E-state index in [1.165, 1.54) is 10.2 Å². The van der Waals surface area contributed by atoms with Crippen LogP contribution in [0.5, 0.6) is 0 Å². The van der Waals surface area contributed by atoms with E-state index in [0.717, 1.165) is 33.5 Å². The zero-order valence-corrected chi connectivity index (χ0v) is 15.4. The molecule has 0 fully saturated rings. The van der Waals surface area contributed by atoms with Crippen LogP contribution >= 0.6 is 23.1 Å². The van der Waals surface area contributed by atoms with Gasteiger partial charge in [0.05, 0.1) is 27.0 Å². The van der Waals surface area contributed by atoms with E-state index in [2.05, 4.69) is 60.9 Å². The first-order valence-corrected chi connectivity index (χ1v) is 9.93. The average molecular weight is 354 g/mol. The molecule has 0 saturated carbocycles. The second kappa shape index (κ2) is 6.57. The number of hydrogen-bond acceptors (Lipinski definition) is 4. The molecule has 0 atom stereocenters. The lowest BCUT2D eigenvalue weighted by Crippen LogP contribution is -2.05. The third-order valence-corrected chi connectivity index (χ3v) is 6.04. The maximum Gasteiger partial charge on any atom is 0.169 e. The second-order valence-corrected chi connectivity index (χ2v) is 8.31. The highest BCUT2D eigenvalue weighted by Gasteiger charge is 2.13. The molecule has 24 heavy (non-hydrogen) atoms. The number of imidazole rings is 1. The van der Waals surface area contributed by atoms with Gasteiger partial charge in [0.25, 0.3) is 0 Å². The Kier molecular flexibility index (Phi) is 4.29. The summed E-state index contributed by atoms with van der Waals surface area (Å²) < 4.78 is 3.60. The lowest BCUT2D eigenvalue weighted by molar-refractivity contribution is 0.505. The van der Waals surface area contributed by atoms with E-state index in [9.17, 15) is 0 Å². The highest BCUT2D eigenvalue weighted by Crippen LogP contribution is 2.30. The number of benzene rings is 2. The van der Waals surface area contributed by atoms with Crippen LogP contribution in [0.4, 0.5) is 0 Å². The molecule has 0 amide bonds. The predicted octanol–water partition coefficient (Wildman–Crippen LogP) is 5.59. The monoisotopic (exact) mass is 353 g/mol. The van der Waals surface area contributed by atoms with Crippen LogP contribution in [0.3, 0.4) is 0 Å². The number of hydrogen-bond donors (Lipinski definition) is 0. The molecule has 0 N–H and O–H groups in total. The Morgan fingerprint density at radius 1 is 1.00 bits per heavy atom. The van der Waals surface area contributed by atoms with Crippen LogP contribution in [0.15, 0.2) is 53.7 Å². The molecule has 3 nitrogen and oxygen atoms in total. The molecule has 2 aromatic carbocycles. The van der Waals surface area contributed by atoms with Gasteiger partial charge in [0.1, 0.15) is 5.01 Å². The van der Waals surface area contributed by atoms with E-state index in [0.29, 0.717) is 5.92 Å². The van der Waals surface area contributed by atoms with Crippen LogP contribution in [0.2, 0.25) is 0 Å². The minimum absolute atomic E-state index is 0.587. The van der Waals surface area contributed by atoms with Gasteiger partial charge in [-0.3, -0.25) is 0 Å². The Labute approximate surface area is 149 Å². The summed E-state index contributed by atoms with van der Waals surface area (Å²) in [5.74, 6) is 1.45. The lowest BCUT2D eigenvalue weighted by atomic mass is 10.2. The van der Waals surface area contributed by atoms with Crippen LogP contribution in [0.25, 0.3) is 21.3 Å². The molecule has 0 aliphatic heterocycles. The topological polar surface area (TPSA) is 30.7 Å². The maximum absolute atomic E-state index is 4.84. The van der Waals surface area contributed by atoms with Gasteiger partial charge in [-0.2, -0.15) is 0 Å². The molecule has 0 bridgehead atoms. The van der Waals surface area contributed by atoms with Crippen molar-refractivity contribution in [2.75, 3.05) is 0 Å². The Balaban J connectivity index is 1.63. The van der Waals surface area contributed by atoms with Crippen LogP contribution < -0.4 is 0 Å². The molecule has 5 heteroatoms. The first-order chi connectivity index (χ1) is 11.7. The molecular weight excluding hydrogens is 334 g/mol. The fourth-order valence-electron chi connectivity index (χ4n) is 2.81. The molecular formula is C19H19N3S2. The van der Waals surface area contributed by atoms with Crippen LogP contribution in [0, 0.1) is 5.92 Å². The Hall–Kier alpha value is -1.85. The summed E-state index contributed by atoms with van der Waals surface area (Å²) in [6.07, 6.45) is 0. The highest BCUT2D eigenvalue weighted by atomic mass is 32.2. The fourth-order valence-corrected chi connectivity index (χ4v) is 4.80. The summed E-state index contributed by atoms with van der Waals surface area (Å²) >= 11 is 3.56. The summed E-state index contributed by atoms with van der Waals surface area (Å²) in [7, 11) is 0. The van der Waals surface area contributed by atoms with Crippen LogP contribution in [0.1, 0.15) is 18.9 Å². The number of fused-ring (bicyclic) bond motifs is 2. The summed E-state index contributed by atoms with van der Waals surface area (Å²) in [5, 5.41) is 2.24. The fraction of sp³-hybridized carbons (Fsp3) is 0.263. The molecule has 122 valence electrons. The highest BCUT2D eigenvalue weighted by molar-refractivity contribution is 7.98. The molecule has 2 aromatic heterocycles. The SMILES string of the molecule is CC(C)Cn1c(SCc2nc3ccccc3s2)nc2ccccc21. The summed E-state index contributed by atoms with van der Waals surface area (Å²) in [5.41, 5.74) is 3.39. The molecule has 0 aliphatic carbocycles. The molecule has 4 aromatic rings. The van der Waals surface area contributed by atoms with Crippen molar-refractivity contribution in [1.82, 2.24) is 14.5 Å². The van der Waals surface area contributed by atoms with E-state index in [1.807, 2.05) is 6.07 Å². The molecule has 2 heterocycles. The minimum atomic E-state index is 0.587. The number of rotatable bonds is 5.